The van der Waals surface area contributed by atoms with Gasteiger partial charge in [-0.15, -0.1) is 0 Å². The average Bonchev–Trinajstić information content (AvgIpc) is 2.85. The highest BCUT2D eigenvalue weighted by molar-refractivity contribution is 6.09. The molecule has 33 heavy (non-hydrogen) atoms. The van der Waals surface area contributed by atoms with Crippen LogP contribution in [0, 0.1) is 10.1 Å². The van der Waals surface area contributed by atoms with Crippen LogP contribution in [0.25, 0.3) is 0 Å². The van der Waals surface area contributed by atoms with E-state index in [0.717, 1.165) is 0 Å². The molecule has 1 fully saturated rings. The second-order valence-electron chi connectivity index (χ2n) is 7.41. The van der Waals surface area contributed by atoms with Crippen molar-refractivity contribution in [1.82, 2.24) is 0 Å². The van der Waals surface area contributed by atoms with Crippen LogP contribution >= 0.6 is 0 Å². The number of amides is 2. The zero-order valence-electron chi connectivity index (χ0n) is 17.7. The normalized spacial score (nSPS) is 13.3. The van der Waals surface area contributed by atoms with Crippen LogP contribution in [0.5, 0.6) is 0 Å². The summed E-state index contributed by atoms with van der Waals surface area (Å²) in [7, 11) is 0. The van der Waals surface area contributed by atoms with Crippen LogP contribution in [0.1, 0.15) is 20.7 Å². The number of nitrogens with one attached hydrogen (secondary N) is 2. The fraction of sp³-hybridized carbons (Fsp3) is 0.167. The van der Waals surface area contributed by atoms with Crippen molar-refractivity contribution in [2.24, 2.45) is 0 Å². The maximum atomic E-state index is 13.1. The van der Waals surface area contributed by atoms with E-state index in [1.54, 1.807) is 54.6 Å². The van der Waals surface area contributed by atoms with E-state index >= 15 is 0 Å². The molecule has 3 aromatic rings. The summed E-state index contributed by atoms with van der Waals surface area (Å²) in [4.78, 5) is 38.3. The van der Waals surface area contributed by atoms with Crippen LogP contribution in [-0.2, 0) is 4.74 Å². The Kier molecular flexibility index (Phi) is 6.61. The minimum Gasteiger partial charge on any atom is -0.378 e. The van der Waals surface area contributed by atoms with Gasteiger partial charge in [0.1, 0.15) is 0 Å². The minimum absolute atomic E-state index is 0.166. The maximum Gasteiger partial charge on any atom is 0.270 e. The molecule has 0 spiro atoms. The smallest absolute Gasteiger partial charge is 0.270 e. The van der Waals surface area contributed by atoms with Crippen molar-refractivity contribution in [3.8, 4) is 0 Å². The van der Waals surface area contributed by atoms with E-state index in [-0.39, 0.29) is 17.2 Å². The Morgan fingerprint density at radius 3 is 2.18 bits per heavy atom. The van der Waals surface area contributed by atoms with Crippen LogP contribution in [0.2, 0.25) is 0 Å². The summed E-state index contributed by atoms with van der Waals surface area (Å²) in [5, 5.41) is 16.9. The molecule has 9 nitrogen and oxygen atoms in total. The third-order valence-corrected chi connectivity index (χ3v) is 5.20. The lowest BCUT2D eigenvalue weighted by molar-refractivity contribution is -0.384. The molecule has 3 aromatic carbocycles. The number of morpholine rings is 1. The molecule has 2 N–H and O–H groups in total. The molecule has 0 atom stereocenters. The molecule has 0 saturated carbocycles. The second-order valence-corrected chi connectivity index (χ2v) is 7.41. The molecule has 0 aromatic heterocycles. The zero-order chi connectivity index (χ0) is 23.2. The van der Waals surface area contributed by atoms with E-state index in [1.165, 1.54) is 12.1 Å². The number of anilines is 3. The molecule has 0 bridgehead atoms. The fourth-order valence-corrected chi connectivity index (χ4v) is 3.57. The molecule has 0 aliphatic carbocycles. The number of hydrogen-bond acceptors (Lipinski definition) is 6. The third kappa shape index (κ3) is 5.34. The number of non-ortho nitro benzene ring substituents is 1. The third-order valence-electron chi connectivity index (χ3n) is 5.20. The van der Waals surface area contributed by atoms with Crippen molar-refractivity contribution < 1.29 is 19.2 Å². The topological polar surface area (TPSA) is 114 Å². The number of ether oxygens (including phenoxy) is 1. The Balaban J connectivity index is 1.55. The standard InChI is InChI=1S/C24H22N4O5/c29-23(17-5-2-1-3-6-17)25-18-7-4-8-19(15-18)26-24(30)21-16-20(28(31)32)9-10-22(21)27-11-13-33-14-12-27/h1-10,15-16H,11-14H2,(H,25,29)(H,26,30). The van der Waals surface area contributed by atoms with Gasteiger partial charge in [0.2, 0.25) is 0 Å². The number of nitro groups is 1. The predicted molar refractivity (Wildman–Crippen MR) is 125 cm³/mol. The summed E-state index contributed by atoms with van der Waals surface area (Å²) >= 11 is 0. The van der Waals surface area contributed by atoms with Crippen molar-refractivity contribution >= 4 is 34.6 Å². The van der Waals surface area contributed by atoms with Gasteiger partial charge in [-0.05, 0) is 36.4 Å². The first-order valence-corrected chi connectivity index (χ1v) is 10.4. The lowest BCUT2D eigenvalue weighted by Crippen LogP contribution is -2.37. The fourth-order valence-electron chi connectivity index (χ4n) is 3.57. The summed E-state index contributed by atoms with van der Waals surface area (Å²) in [5.74, 6) is -0.751. The molecular formula is C24H22N4O5. The molecular weight excluding hydrogens is 424 g/mol. The van der Waals surface area contributed by atoms with Crippen molar-refractivity contribution in [3.63, 3.8) is 0 Å². The Hall–Kier alpha value is -4.24. The maximum absolute atomic E-state index is 13.1. The summed E-state index contributed by atoms with van der Waals surface area (Å²) < 4.78 is 5.37. The highest BCUT2D eigenvalue weighted by atomic mass is 16.6. The molecule has 0 unspecified atom stereocenters. The van der Waals surface area contributed by atoms with Crippen LogP contribution < -0.4 is 15.5 Å². The first-order valence-electron chi connectivity index (χ1n) is 10.4. The number of carbonyl (C=O) groups excluding carboxylic acids is 2. The van der Waals surface area contributed by atoms with Gasteiger partial charge >= 0.3 is 0 Å². The van der Waals surface area contributed by atoms with E-state index in [1.807, 2.05) is 11.0 Å². The van der Waals surface area contributed by atoms with E-state index in [9.17, 15) is 19.7 Å². The largest absolute Gasteiger partial charge is 0.378 e. The van der Waals surface area contributed by atoms with Crippen molar-refractivity contribution in [3.05, 3.63) is 94.0 Å². The molecule has 0 radical (unpaired) electrons. The van der Waals surface area contributed by atoms with Gasteiger partial charge in [0.15, 0.2) is 0 Å². The van der Waals surface area contributed by atoms with Gasteiger partial charge in [0.25, 0.3) is 17.5 Å². The molecule has 1 aliphatic rings. The summed E-state index contributed by atoms with van der Waals surface area (Å²) in [5.41, 5.74) is 2.11. The Morgan fingerprint density at radius 2 is 1.52 bits per heavy atom. The zero-order valence-corrected chi connectivity index (χ0v) is 17.7. The molecule has 2 amide bonds. The van der Waals surface area contributed by atoms with E-state index in [4.69, 9.17) is 4.74 Å². The van der Waals surface area contributed by atoms with Gasteiger partial charge in [-0.2, -0.15) is 0 Å². The highest BCUT2D eigenvalue weighted by Crippen LogP contribution is 2.28. The van der Waals surface area contributed by atoms with Crippen LogP contribution in [-0.4, -0.2) is 43.0 Å². The molecule has 4 rings (SSSR count). The molecule has 1 heterocycles. The van der Waals surface area contributed by atoms with Crippen LogP contribution in [0.4, 0.5) is 22.7 Å². The van der Waals surface area contributed by atoms with E-state index < -0.39 is 10.8 Å². The number of hydrogen-bond donors (Lipinski definition) is 2. The van der Waals surface area contributed by atoms with Crippen LogP contribution in [0.15, 0.2) is 72.8 Å². The molecule has 9 heteroatoms. The number of benzene rings is 3. The van der Waals surface area contributed by atoms with Crippen molar-refractivity contribution in [1.29, 1.82) is 0 Å². The molecule has 1 aliphatic heterocycles. The quantitative estimate of drug-likeness (QED) is 0.438. The average molecular weight is 446 g/mol. The Labute approximate surface area is 190 Å². The minimum atomic E-state index is -0.528. The van der Waals surface area contributed by atoms with Gasteiger partial charge < -0.3 is 20.3 Å². The van der Waals surface area contributed by atoms with Gasteiger partial charge in [0, 0.05) is 42.2 Å². The molecule has 168 valence electrons. The lowest BCUT2D eigenvalue weighted by Gasteiger charge is -2.30. The second kappa shape index (κ2) is 9.92. The highest BCUT2D eigenvalue weighted by Gasteiger charge is 2.22. The van der Waals surface area contributed by atoms with Gasteiger partial charge in [-0.1, -0.05) is 24.3 Å². The van der Waals surface area contributed by atoms with Crippen molar-refractivity contribution in [2.75, 3.05) is 41.8 Å². The Morgan fingerprint density at radius 1 is 0.848 bits per heavy atom. The van der Waals surface area contributed by atoms with Gasteiger partial charge in [0.05, 0.1) is 29.4 Å². The van der Waals surface area contributed by atoms with E-state index in [2.05, 4.69) is 10.6 Å². The van der Waals surface area contributed by atoms with Gasteiger partial charge in [-0.25, -0.2) is 0 Å². The first kappa shape index (κ1) is 22.0. The first-order chi connectivity index (χ1) is 16.0. The monoisotopic (exact) mass is 446 g/mol. The molecule has 1 saturated heterocycles. The number of rotatable bonds is 6. The van der Waals surface area contributed by atoms with Gasteiger partial charge in [-0.3, -0.25) is 19.7 Å². The lowest BCUT2D eigenvalue weighted by atomic mass is 10.1. The number of nitrogens with zero attached hydrogens (tertiary/aromatic N) is 2. The SMILES string of the molecule is O=C(Nc1cccc(NC(=O)c2cc([N+](=O)[O-])ccc2N2CCOCC2)c1)c1ccccc1. The van der Waals surface area contributed by atoms with Crippen molar-refractivity contribution in [2.45, 2.75) is 0 Å². The number of carbonyl (C=O) groups is 2. The summed E-state index contributed by atoms with van der Waals surface area (Å²) in [6.07, 6.45) is 0. The number of nitro benzene ring substituents is 1. The summed E-state index contributed by atoms with van der Waals surface area (Å²) in [6.45, 7) is 2.20. The summed E-state index contributed by atoms with van der Waals surface area (Å²) in [6, 6.07) is 19.8. The Bertz CT molecular complexity index is 1180. The predicted octanol–water partition coefficient (Wildman–Crippen LogP) is 3.94. The van der Waals surface area contributed by atoms with Crippen LogP contribution in [0.3, 0.4) is 0 Å². The van der Waals surface area contributed by atoms with E-state index in [0.29, 0.717) is 48.9 Å².